The van der Waals surface area contributed by atoms with Crippen molar-refractivity contribution in [2.75, 3.05) is 20.1 Å². The van der Waals surface area contributed by atoms with Crippen LogP contribution >= 0.6 is 0 Å². The summed E-state index contributed by atoms with van der Waals surface area (Å²) >= 11 is 0. The highest BCUT2D eigenvalue weighted by atomic mass is 16.2. The molecule has 0 atom stereocenters. The minimum Gasteiger partial charge on any atom is -0.352 e. The summed E-state index contributed by atoms with van der Waals surface area (Å²) in [5, 5.41) is 2.97. The van der Waals surface area contributed by atoms with Gasteiger partial charge in [-0.05, 0) is 58.4 Å². The third-order valence-electron chi connectivity index (χ3n) is 4.52. The van der Waals surface area contributed by atoms with Gasteiger partial charge in [0.15, 0.2) is 0 Å². The Labute approximate surface area is 132 Å². The van der Waals surface area contributed by atoms with E-state index in [2.05, 4.69) is 11.4 Å². The predicted molar refractivity (Wildman–Crippen MR) is 85.1 cm³/mol. The van der Waals surface area contributed by atoms with Gasteiger partial charge in [-0.1, -0.05) is 6.08 Å². The van der Waals surface area contributed by atoms with Crippen LogP contribution in [0.15, 0.2) is 11.8 Å². The second-order valence-electron chi connectivity index (χ2n) is 6.95. The molecule has 0 unspecified atom stereocenters. The number of carbonyl (C=O) groups excluding carboxylic acids is 2. The van der Waals surface area contributed by atoms with Crippen molar-refractivity contribution in [2.24, 2.45) is 0 Å². The van der Waals surface area contributed by atoms with Crippen molar-refractivity contribution >= 4 is 11.8 Å². The fraction of sp³-hybridized carbons (Fsp3) is 0.765. The molecule has 5 heteroatoms. The molecular weight excluding hydrogens is 278 g/mol. The van der Waals surface area contributed by atoms with Crippen LogP contribution in [-0.4, -0.2) is 53.8 Å². The Bertz CT molecular complexity index is 467. The summed E-state index contributed by atoms with van der Waals surface area (Å²) in [4.78, 5) is 28.3. The third kappa shape index (κ3) is 4.32. The molecule has 0 aromatic heterocycles. The Morgan fingerprint density at radius 1 is 1.18 bits per heavy atom. The second-order valence-corrected chi connectivity index (χ2v) is 6.95. The summed E-state index contributed by atoms with van der Waals surface area (Å²) in [5.74, 6) is 0.185. The van der Waals surface area contributed by atoms with Gasteiger partial charge in [0.25, 0.3) is 0 Å². The highest BCUT2D eigenvalue weighted by molar-refractivity contribution is 5.83. The van der Waals surface area contributed by atoms with Crippen molar-refractivity contribution in [1.82, 2.24) is 15.1 Å². The number of hydrogen-bond donors (Lipinski definition) is 1. The van der Waals surface area contributed by atoms with Crippen LogP contribution in [0.1, 0.15) is 51.4 Å². The molecule has 0 radical (unpaired) electrons. The van der Waals surface area contributed by atoms with E-state index in [1.807, 2.05) is 16.8 Å². The first-order valence-electron chi connectivity index (χ1n) is 8.62. The van der Waals surface area contributed by atoms with E-state index in [1.54, 1.807) is 0 Å². The van der Waals surface area contributed by atoms with E-state index in [1.165, 1.54) is 18.5 Å². The zero-order valence-corrected chi connectivity index (χ0v) is 13.5. The van der Waals surface area contributed by atoms with E-state index in [4.69, 9.17) is 0 Å². The molecule has 0 aliphatic heterocycles. The highest BCUT2D eigenvalue weighted by Crippen LogP contribution is 2.33. The van der Waals surface area contributed by atoms with Crippen LogP contribution in [0.2, 0.25) is 0 Å². The first-order valence-corrected chi connectivity index (χ1v) is 8.62. The van der Waals surface area contributed by atoms with E-state index in [-0.39, 0.29) is 11.8 Å². The van der Waals surface area contributed by atoms with Gasteiger partial charge in [0, 0.05) is 17.8 Å². The van der Waals surface area contributed by atoms with Crippen molar-refractivity contribution in [2.45, 2.75) is 63.5 Å². The van der Waals surface area contributed by atoms with Crippen molar-refractivity contribution in [1.29, 1.82) is 0 Å². The molecule has 2 saturated carbocycles. The van der Waals surface area contributed by atoms with Crippen molar-refractivity contribution in [3.05, 3.63) is 11.8 Å². The quantitative estimate of drug-likeness (QED) is 0.778. The lowest BCUT2D eigenvalue weighted by Crippen LogP contribution is -2.43. The summed E-state index contributed by atoms with van der Waals surface area (Å²) in [7, 11) is 1.85. The first-order chi connectivity index (χ1) is 10.6. The Balaban J connectivity index is 1.51. The lowest BCUT2D eigenvalue weighted by atomic mass is 10.0. The number of amides is 2. The van der Waals surface area contributed by atoms with Crippen LogP contribution < -0.4 is 5.32 Å². The van der Waals surface area contributed by atoms with E-state index in [0.717, 1.165) is 38.5 Å². The average molecular weight is 305 g/mol. The minimum atomic E-state index is 0.0349. The van der Waals surface area contributed by atoms with E-state index in [0.29, 0.717) is 25.2 Å². The molecule has 0 heterocycles. The SMILES string of the molecule is CN(CC(=O)NC1CC1)CC(=O)N(C1=CCCCC1)C1CC1. The smallest absolute Gasteiger partial charge is 0.241 e. The van der Waals surface area contributed by atoms with Gasteiger partial charge >= 0.3 is 0 Å². The number of allylic oxidation sites excluding steroid dienone is 2. The standard InChI is InChI=1S/C17H27N3O2/c1-19(11-16(21)18-13-7-8-13)12-17(22)20(15-9-10-15)14-5-3-2-4-6-14/h5,13,15H,2-4,6-12H2,1H3,(H,18,21). The Morgan fingerprint density at radius 2 is 1.95 bits per heavy atom. The number of hydrogen-bond acceptors (Lipinski definition) is 3. The van der Waals surface area contributed by atoms with Crippen molar-refractivity contribution in [3.63, 3.8) is 0 Å². The van der Waals surface area contributed by atoms with E-state index in [9.17, 15) is 9.59 Å². The fourth-order valence-electron chi connectivity index (χ4n) is 3.08. The molecule has 122 valence electrons. The number of nitrogens with zero attached hydrogens (tertiary/aromatic N) is 2. The number of rotatable bonds is 7. The molecule has 3 aliphatic carbocycles. The average Bonchev–Trinajstić information content (AvgIpc) is 3.35. The highest BCUT2D eigenvalue weighted by Gasteiger charge is 2.35. The lowest BCUT2D eigenvalue weighted by Gasteiger charge is -2.29. The summed E-state index contributed by atoms with van der Waals surface area (Å²) in [6, 6.07) is 0.789. The summed E-state index contributed by atoms with van der Waals surface area (Å²) in [6.45, 7) is 0.631. The topological polar surface area (TPSA) is 52.7 Å². The van der Waals surface area contributed by atoms with Crippen LogP contribution in [0, 0.1) is 0 Å². The number of carbonyl (C=O) groups is 2. The molecule has 3 aliphatic rings. The normalized spacial score (nSPS) is 21.5. The zero-order chi connectivity index (χ0) is 15.5. The maximum Gasteiger partial charge on any atom is 0.241 e. The second kappa shape index (κ2) is 6.82. The van der Waals surface area contributed by atoms with Gasteiger partial charge < -0.3 is 10.2 Å². The van der Waals surface area contributed by atoms with Gasteiger partial charge in [0.05, 0.1) is 13.1 Å². The molecule has 0 aromatic rings. The molecule has 1 N–H and O–H groups in total. The van der Waals surface area contributed by atoms with Gasteiger partial charge in [-0.15, -0.1) is 0 Å². The molecule has 3 rings (SSSR count). The van der Waals surface area contributed by atoms with Crippen LogP contribution in [0.3, 0.4) is 0 Å². The molecule has 0 saturated heterocycles. The van der Waals surface area contributed by atoms with Gasteiger partial charge in [0.1, 0.15) is 0 Å². The van der Waals surface area contributed by atoms with E-state index < -0.39 is 0 Å². The van der Waals surface area contributed by atoms with Gasteiger partial charge in [0.2, 0.25) is 11.8 Å². The molecular formula is C17H27N3O2. The van der Waals surface area contributed by atoms with Crippen LogP contribution in [0.25, 0.3) is 0 Å². The zero-order valence-electron chi connectivity index (χ0n) is 13.5. The maximum absolute atomic E-state index is 12.7. The van der Waals surface area contributed by atoms with Crippen LogP contribution in [0.4, 0.5) is 0 Å². The van der Waals surface area contributed by atoms with Crippen LogP contribution in [-0.2, 0) is 9.59 Å². The fourth-order valence-corrected chi connectivity index (χ4v) is 3.08. The number of likely N-dealkylation sites (N-methyl/N-ethyl adjacent to an activating group) is 1. The number of nitrogens with one attached hydrogen (secondary N) is 1. The minimum absolute atomic E-state index is 0.0349. The first kappa shape index (κ1) is 15.5. The van der Waals surface area contributed by atoms with Gasteiger partial charge in [-0.3, -0.25) is 14.5 Å². The molecule has 0 spiro atoms. The molecule has 22 heavy (non-hydrogen) atoms. The van der Waals surface area contributed by atoms with Crippen molar-refractivity contribution < 1.29 is 9.59 Å². The maximum atomic E-state index is 12.7. The Hall–Kier alpha value is -1.36. The Kier molecular flexibility index (Phi) is 4.81. The molecule has 0 bridgehead atoms. The van der Waals surface area contributed by atoms with Crippen molar-refractivity contribution in [3.8, 4) is 0 Å². The van der Waals surface area contributed by atoms with E-state index >= 15 is 0 Å². The van der Waals surface area contributed by atoms with Crippen LogP contribution in [0.5, 0.6) is 0 Å². The van der Waals surface area contributed by atoms with Gasteiger partial charge in [-0.25, -0.2) is 0 Å². The summed E-state index contributed by atoms with van der Waals surface area (Å²) in [5.41, 5.74) is 1.22. The molecule has 5 nitrogen and oxygen atoms in total. The lowest BCUT2D eigenvalue weighted by molar-refractivity contribution is -0.131. The van der Waals surface area contributed by atoms with Gasteiger partial charge in [-0.2, -0.15) is 0 Å². The third-order valence-corrected chi connectivity index (χ3v) is 4.52. The Morgan fingerprint density at radius 3 is 2.55 bits per heavy atom. The largest absolute Gasteiger partial charge is 0.352 e. The molecule has 2 amide bonds. The molecule has 0 aromatic carbocycles. The monoisotopic (exact) mass is 305 g/mol. The predicted octanol–water partition coefficient (Wildman–Crippen LogP) is 1.65. The molecule has 2 fully saturated rings. The summed E-state index contributed by atoms with van der Waals surface area (Å²) in [6.07, 6.45) is 11.2. The summed E-state index contributed by atoms with van der Waals surface area (Å²) < 4.78 is 0.